The Kier molecular flexibility index (Phi) is 4.57. The lowest BCUT2D eigenvalue weighted by atomic mass is 10.1. The van der Waals surface area contributed by atoms with Crippen molar-refractivity contribution in [3.8, 4) is 0 Å². The van der Waals surface area contributed by atoms with Crippen molar-refractivity contribution in [2.75, 3.05) is 31.2 Å². The van der Waals surface area contributed by atoms with E-state index in [1.807, 2.05) is 36.6 Å². The molecule has 1 aromatic heterocycles. The average molecular weight is 330 g/mol. The molecule has 0 amide bonds. The van der Waals surface area contributed by atoms with E-state index in [2.05, 4.69) is 4.90 Å². The minimum Gasteiger partial charge on any atom is -0.481 e. The van der Waals surface area contributed by atoms with Crippen molar-refractivity contribution >= 4 is 22.6 Å². The number of carbonyl (C=O) groups is 1. The average Bonchev–Trinajstić information content (AvgIpc) is 2.54. The largest absolute Gasteiger partial charge is 0.481 e. The van der Waals surface area contributed by atoms with Gasteiger partial charge in [-0.3, -0.25) is 9.59 Å². The molecule has 0 saturated carbocycles. The van der Waals surface area contributed by atoms with Crippen molar-refractivity contribution in [1.82, 2.24) is 4.57 Å². The van der Waals surface area contributed by atoms with Crippen LogP contribution in [0.3, 0.4) is 0 Å². The van der Waals surface area contributed by atoms with Gasteiger partial charge in [-0.2, -0.15) is 0 Å². The van der Waals surface area contributed by atoms with E-state index in [-0.39, 0.29) is 17.9 Å². The summed E-state index contributed by atoms with van der Waals surface area (Å²) in [6.07, 6.45) is -0.158. The Morgan fingerprint density at radius 3 is 2.58 bits per heavy atom. The van der Waals surface area contributed by atoms with E-state index in [0.29, 0.717) is 24.3 Å². The number of ether oxygens (including phenoxy) is 1. The van der Waals surface area contributed by atoms with Crippen LogP contribution < -0.4 is 10.3 Å². The van der Waals surface area contributed by atoms with Gasteiger partial charge < -0.3 is 19.3 Å². The molecular formula is C18H22N2O4. The molecule has 1 aliphatic rings. The second kappa shape index (κ2) is 6.65. The monoisotopic (exact) mass is 330 g/mol. The summed E-state index contributed by atoms with van der Waals surface area (Å²) in [5.41, 5.74) is 2.19. The first-order valence-electron chi connectivity index (χ1n) is 8.20. The van der Waals surface area contributed by atoms with Crippen LogP contribution in [0.5, 0.6) is 0 Å². The number of hydrogen-bond donors (Lipinski definition) is 1. The molecule has 0 spiro atoms. The first-order valence-corrected chi connectivity index (χ1v) is 8.20. The number of anilines is 1. The highest BCUT2D eigenvalue weighted by atomic mass is 16.5. The smallest absolute Gasteiger partial charge is 0.309 e. The molecule has 1 aromatic carbocycles. The molecule has 6 heteroatoms. The number of fused-ring (bicyclic) bond motifs is 1. The Balaban J connectivity index is 2.15. The maximum absolute atomic E-state index is 12.5. The molecule has 2 aromatic rings. The van der Waals surface area contributed by atoms with Crippen LogP contribution in [0.25, 0.3) is 10.9 Å². The molecule has 1 aliphatic heterocycles. The fourth-order valence-electron chi connectivity index (χ4n) is 3.30. The molecule has 128 valence electrons. The van der Waals surface area contributed by atoms with Crippen molar-refractivity contribution in [3.05, 3.63) is 40.2 Å². The summed E-state index contributed by atoms with van der Waals surface area (Å²) in [5.74, 6) is -0.937. The summed E-state index contributed by atoms with van der Waals surface area (Å²) in [6, 6.07) is 7.35. The van der Waals surface area contributed by atoms with Crippen LogP contribution in [-0.2, 0) is 16.0 Å². The summed E-state index contributed by atoms with van der Waals surface area (Å²) in [4.78, 5) is 25.9. The zero-order valence-corrected chi connectivity index (χ0v) is 14.0. The number of pyridine rings is 1. The third-order valence-corrected chi connectivity index (χ3v) is 4.34. The van der Waals surface area contributed by atoms with Crippen molar-refractivity contribution < 1.29 is 14.6 Å². The standard InChI is InChI=1S/C18H22N2O4/c1-12(2)20-14(11-18(22)23)10-17(21)15-9-13(3-4-16(15)20)19-5-7-24-8-6-19/h3-4,9-10,12H,5-8,11H2,1-2H3,(H,22,23). The second-order valence-electron chi connectivity index (χ2n) is 6.34. The molecule has 0 radical (unpaired) electrons. The van der Waals surface area contributed by atoms with Crippen molar-refractivity contribution in [2.24, 2.45) is 0 Å². The predicted molar refractivity (Wildman–Crippen MR) is 93.0 cm³/mol. The summed E-state index contributed by atoms with van der Waals surface area (Å²) in [7, 11) is 0. The number of carboxylic acid groups (broad SMARTS) is 1. The van der Waals surface area contributed by atoms with E-state index in [9.17, 15) is 9.59 Å². The first-order chi connectivity index (χ1) is 11.5. The minimum absolute atomic E-state index is 0.0664. The van der Waals surface area contributed by atoms with E-state index in [0.717, 1.165) is 24.3 Å². The highest BCUT2D eigenvalue weighted by Gasteiger charge is 2.17. The quantitative estimate of drug-likeness (QED) is 0.929. The number of carboxylic acids is 1. The summed E-state index contributed by atoms with van der Waals surface area (Å²) < 4.78 is 7.31. The maximum Gasteiger partial charge on any atom is 0.309 e. The van der Waals surface area contributed by atoms with Crippen LogP contribution in [-0.4, -0.2) is 41.9 Å². The number of rotatable bonds is 4. The third kappa shape index (κ3) is 3.14. The van der Waals surface area contributed by atoms with Gasteiger partial charge in [0.05, 0.1) is 25.2 Å². The van der Waals surface area contributed by atoms with Gasteiger partial charge in [0, 0.05) is 42.0 Å². The molecule has 1 saturated heterocycles. The van der Waals surface area contributed by atoms with Gasteiger partial charge in [0.1, 0.15) is 0 Å². The Morgan fingerprint density at radius 2 is 1.96 bits per heavy atom. The fourth-order valence-corrected chi connectivity index (χ4v) is 3.30. The van der Waals surface area contributed by atoms with Crippen LogP contribution in [0.4, 0.5) is 5.69 Å². The van der Waals surface area contributed by atoms with E-state index in [4.69, 9.17) is 9.84 Å². The maximum atomic E-state index is 12.5. The van der Waals surface area contributed by atoms with Crippen molar-refractivity contribution in [3.63, 3.8) is 0 Å². The molecule has 0 aliphatic carbocycles. The zero-order chi connectivity index (χ0) is 17.3. The normalized spacial score (nSPS) is 15.2. The summed E-state index contributed by atoms with van der Waals surface area (Å²) in [5, 5.41) is 9.74. The van der Waals surface area contributed by atoms with Crippen molar-refractivity contribution in [2.45, 2.75) is 26.3 Å². The number of nitrogens with zero attached hydrogens (tertiary/aromatic N) is 2. The Labute approximate surface area is 140 Å². The van der Waals surface area contributed by atoms with Gasteiger partial charge in [0.2, 0.25) is 0 Å². The van der Waals surface area contributed by atoms with Crippen LogP contribution in [0.15, 0.2) is 29.1 Å². The topological polar surface area (TPSA) is 71.8 Å². The molecular weight excluding hydrogens is 308 g/mol. The van der Waals surface area contributed by atoms with Gasteiger partial charge in [0.15, 0.2) is 5.43 Å². The lowest BCUT2D eigenvalue weighted by Crippen LogP contribution is -2.36. The summed E-state index contributed by atoms with van der Waals surface area (Å²) in [6.45, 7) is 6.97. The van der Waals surface area contributed by atoms with Gasteiger partial charge in [-0.05, 0) is 32.0 Å². The molecule has 6 nitrogen and oxygen atoms in total. The van der Waals surface area contributed by atoms with Gasteiger partial charge in [-0.15, -0.1) is 0 Å². The van der Waals surface area contributed by atoms with Gasteiger partial charge in [-0.25, -0.2) is 0 Å². The van der Waals surface area contributed by atoms with Crippen LogP contribution in [0, 0.1) is 0 Å². The Bertz CT molecular complexity index is 820. The van der Waals surface area contributed by atoms with Gasteiger partial charge in [0.25, 0.3) is 0 Å². The molecule has 0 atom stereocenters. The molecule has 3 rings (SSSR count). The second-order valence-corrected chi connectivity index (χ2v) is 6.34. The predicted octanol–water partition coefficient (Wildman–Crippen LogP) is 2.05. The number of benzene rings is 1. The zero-order valence-electron chi connectivity index (χ0n) is 14.0. The van der Waals surface area contributed by atoms with E-state index < -0.39 is 5.97 Å². The van der Waals surface area contributed by atoms with Crippen molar-refractivity contribution in [1.29, 1.82) is 0 Å². The molecule has 2 heterocycles. The number of aliphatic carboxylic acids is 1. The van der Waals surface area contributed by atoms with Gasteiger partial charge in [-0.1, -0.05) is 0 Å². The number of hydrogen-bond acceptors (Lipinski definition) is 4. The van der Waals surface area contributed by atoms with E-state index in [1.165, 1.54) is 6.07 Å². The molecule has 1 N–H and O–H groups in total. The highest BCUT2D eigenvalue weighted by molar-refractivity contribution is 5.84. The SMILES string of the molecule is CC(C)n1c(CC(=O)O)cc(=O)c2cc(N3CCOCC3)ccc21. The third-order valence-electron chi connectivity index (χ3n) is 4.34. The molecule has 0 bridgehead atoms. The Morgan fingerprint density at radius 1 is 1.25 bits per heavy atom. The molecule has 0 unspecified atom stereocenters. The van der Waals surface area contributed by atoms with E-state index >= 15 is 0 Å². The molecule has 24 heavy (non-hydrogen) atoms. The number of aromatic nitrogens is 1. The van der Waals surface area contributed by atoms with Crippen LogP contribution in [0.2, 0.25) is 0 Å². The lowest BCUT2D eigenvalue weighted by Gasteiger charge is -2.29. The van der Waals surface area contributed by atoms with Crippen LogP contribution >= 0.6 is 0 Å². The minimum atomic E-state index is -0.937. The van der Waals surface area contributed by atoms with Crippen LogP contribution in [0.1, 0.15) is 25.6 Å². The lowest BCUT2D eigenvalue weighted by molar-refractivity contribution is -0.136. The van der Waals surface area contributed by atoms with Gasteiger partial charge >= 0.3 is 5.97 Å². The highest BCUT2D eigenvalue weighted by Crippen LogP contribution is 2.24. The molecule has 1 fully saturated rings. The summed E-state index contributed by atoms with van der Waals surface area (Å²) >= 11 is 0. The van der Waals surface area contributed by atoms with E-state index in [1.54, 1.807) is 0 Å². The fraction of sp³-hybridized carbons (Fsp3) is 0.444. The Hall–Kier alpha value is -2.34. The first kappa shape index (κ1) is 16.5. The number of morpholine rings is 1.